The second-order valence-electron chi connectivity index (χ2n) is 3.69. The van der Waals surface area contributed by atoms with E-state index in [2.05, 4.69) is 26.1 Å². The lowest BCUT2D eigenvalue weighted by Gasteiger charge is -2.20. The van der Waals surface area contributed by atoms with Gasteiger partial charge < -0.3 is 11.1 Å². The molecule has 0 aliphatic rings. The third-order valence-corrected chi connectivity index (χ3v) is 2.11. The predicted molar refractivity (Wildman–Crippen MR) is 50.6 cm³/mol. The Morgan fingerprint density at radius 3 is 2.00 bits per heavy atom. The van der Waals surface area contributed by atoms with Crippen LogP contribution < -0.4 is 11.1 Å². The zero-order valence-corrected chi connectivity index (χ0v) is 8.22. The van der Waals surface area contributed by atoms with Crippen molar-refractivity contribution in [2.45, 2.75) is 45.7 Å². The lowest BCUT2D eigenvalue weighted by atomic mass is 9.98. The molecule has 0 heterocycles. The Hall–Kier alpha value is -0.0800. The van der Waals surface area contributed by atoms with Crippen molar-refractivity contribution >= 4 is 0 Å². The lowest BCUT2D eigenvalue weighted by Crippen LogP contribution is -2.32. The second-order valence-corrected chi connectivity index (χ2v) is 3.69. The summed E-state index contributed by atoms with van der Waals surface area (Å²) in [6.07, 6.45) is 2.30. The highest BCUT2D eigenvalue weighted by atomic mass is 14.9. The summed E-state index contributed by atoms with van der Waals surface area (Å²) in [5, 5.41) is 3.30. The molecule has 0 saturated heterocycles. The molecular formula is C9H22N2. The van der Waals surface area contributed by atoms with E-state index < -0.39 is 0 Å². The molecule has 0 aliphatic heterocycles. The monoisotopic (exact) mass is 158 g/mol. The van der Waals surface area contributed by atoms with Gasteiger partial charge in [-0.25, -0.2) is 0 Å². The predicted octanol–water partition coefficient (Wildman–Crippen LogP) is 1.36. The van der Waals surface area contributed by atoms with Crippen molar-refractivity contribution < 1.29 is 0 Å². The van der Waals surface area contributed by atoms with E-state index in [9.17, 15) is 0 Å². The van der Waals surface area contributed by atoms with Gasteiger partial charge >= 0.3 is 0 Å². The van der Waals surface area contributed by atoms with Crippen LogP contribution in [0.4, 0.5) is 0 Å². The van der Waals surface area contributed by atoms with Crippen LogP contribution in [0, 0.1) is 5.92 Å². The molecule has 3 N–H and O–H groups in total. The Morgan fingerprint density at radius 2 is 1.73 bits per heavy atom. The fourth-order valence-corrected chi connectivity index (χ4v) is 1.25. The van der Waals surface area contributed by atoms with Crippen LogP contribution in [0.5, 0.6) is 0 Å². The molecule has 0 spiro atoms. The molecule has 0 aliphatic carbocycles. The Kier molecular flexibility index (Phi) is 5.51. The molecule has 0 saturated carbocycles. The molecule has 2 nitrogen and oxygen atoms in total. The van der Waals surface area contributed by atoms with Crippen LogP contribution in [-0.4, -0.2) is 19.1 Å². The summed E-state index contributed by atoms with van der Waals surface area (Å²) < 4.78 is 0. The van der Waals surface area contributed by atoms with E-state index in [0.29, 0.717) is 18.0 Å². The van der Waals surface area contributed by atoms with Crippen LogP contribution in [0.1, 0.15) is 33.6 Å². The first-order valence-corrected chi connectivity index (χ1v) is 4.50. The molecule has 0 bridgehead atoms. The van der Waals surface area contributed by atoms with Crippen LogP contribution >= 0.6 is 0 Å². The van der Waals surface area contributed by atoms with Crippen molar-refractivity contribution in [1.82, 2.24) is 5.32 Å². The number of hydrogen-bond donors (Lipinski definition) is 2. The van der Waals surface area contributed by atoms with Gasteiger partial charge in [-0.15, -0.1) is 0 Å². The fourth-order valence-electron chi connectivity index (χ4n) is 1.25. The molecule has 0 rings (SSSR count). The SMILES string of the molecule is CNC(CCC(C)N)C(C)C. The average Bonchev–Trinajstić information content (AvgIpc) is 1.87. The van der Waals surface area contributed by atoms with Gasteiger partial charge in [0.05, 0.1) is 0 Å². The van der Waals surface area contributed by atoms with Gasteiger partial charge in [0.15, 0.2) is 0 Å². The van der Waals surface area contributed by atoms with Crippen LogP contribution in [0.15, 0.2) is 0 Å². The molecule has 2 unspecified atom stereocenters. The summed E-state index contributed by atoms with van der Waals surface area (Å²) in [4.78, 5) is 0. The summed E-state index contributed by atoms with van der Waals surface area (Å²) >= 11 is 0. The summed E-state index contributed by atoms with van der Waals surface area (Å²) in [6.45, 7) is 6.54. The molecule has 2 heteroatoms. The Balaban J connectivity index is 3.52. The van der Waals surface area contributed by atoms with E-state index >= 15 is 0 Å². The topological polar surface area (TPSA) is 38.0 Å². The van der Waals surface area contributed by atoms with Gasteiger partial charge in [0.2, 0.25) is 0 Å². The van der Waals surface area contributed by atoms with E-state index in [0.717, 1.165) is 6.42 Å². The maximum Gasteiger partial charge on any atom is 0.00876 e. The van der Waals surface area contributed by atoms with E-state index in [4.69, 9.17) is 5.73 Å². The minimum absolute atomic E-state index is 0.338. The zero-order valence-electron chi connectivity index (χ0n) is 8.22. The van der Waals surface area contributed by atoms with Crippen molar-refractivity contribution in [3.8, 4) is 0 Å². The molecule has 0 amide bonds. The summed E-state index contributed by atoms with van der Waals surface area (Å²) in [5.74, 6) is 0.707. The standard InChI is InChI=1S/C9H22N2/c1-7(2)9(11-4)6-5-8(3)10/h7-9,11H,5-6,10H2,1-4H3. The third-order valence-electron chi connectivity index (χ3n) is 2.11. The molecule has 68 valence electrons. The van der Waals surface area contributed by atoms with Gasteiger partial charge in [-0.3, -0.25) is 0 Å². The first-order valence-electron chi connectivity index (χ1n) is 4.50. The van der Waals surface area contributed by atoms with Gasteiger partial charge in [0.1, 0.15) is 0 Å². The van der Waals surface area contributed by atoms with E-state index in [1.807, 2.05) is 7.05 Å². The lowest BCUT2D eigenvalue weighted by molar-refractivity contribution is 0.383. The number of rotatable bonds is 5. The molecule has 0 radical (unpaired) electrons. The summed E-state index contributed by atoms with van der Waals surface area (Å²) in [6, 6.07) is 0.964. The Labute approximate surface area is 70.5 Å². The Bertz CT molecular complexity index is 89.6. The smallest absolute Gasteiger partial charge is 0.00876 e. The van der Waals surface area contributed by atoms with Crippen LogP contribution in [0.3, 0.4) is 0 Å². The van der Waals surface area contributed by atoms with Gasteiger partial charge in [-0.1, -0.05) is 13.8 Å². The van der Waals surface area contributed by atoms with E-state index in [-0.39, 0.29) is 0 Å². The minimum atomic E-state index is 0.338. The molecule has 0 fully saturated rings. The zero-order chi connectivity index (χ0) is 8.85. The van der Waals surface area contributed by atoms with Crippen molar-refractivity contribution in [3.63, 3.8) is 0 Å². The minimum Gasteiger partial charge on any atom is -0.328 e. The summed E-state index contributed by atoms with van der Waals surface area (Å²) in [7, 11) is 2.02. The molecule has 0 aromatic heterocycles. The maximum absolute atomic E-state index is 5.67. The highest BCUT2D eigenvalue weighted by molar-refractivity contribution is 4.70. The maximum atomic E-state index is 5.67. The first kappa shape index (κ1) is 10.9. The molecular weight excluding hydrogens is 136 g/mol. The number of hydrogen-bond acceptors (Lipinski definition) is 2. The van der Waals surface area contributed by atoms with Gasteiger partial charge in [0, 0.05) is 12.1 Å². The van der Waals surface area contributed by atoms with Crippen LogP contribution in [0.2, 0.25) is 0 Å². The van der Waals surface area contributed by atoms with Crippen LogP contribution in [-0.2, 0) is 0 Å². The molecule has 0 aromatic carbocycles. The molecule has 0 aromatic rings. The van der Waals surface area contributed by atoms with E-state index in [1.54, 1.807) is 0 Å². The van der Waals surface area contributed by atoms with Crippen molar-refractivity contribution in [2.75, 3.05) is 7.05 Å². The van der Waals surface area contributed by atoms with Gasteiger partial charge in [0.25, 0.3) is 0 Å². The second kappa shape index (κ2) is 5.56. The number of nitrogens with one attached hydrogen (secondary N) is 1. The average molecular weight is 158 g/mol. The van der Waals surface area contributed by atoms with Gasteiger partial charge in [-0.05, 0) is 32.7 Å². The van der Waals surface area contributed by atoms with Crippen molar-refractivity contribution in [3.05, 3.63) is 0 Å². The van der Waals surface area contributed by atoms with Crippen molar-refractivity contribution in [1.29, 1.82) is 0 Å². The normalized spacial score (nSPS) is 16.9. The third kappa shape index (κ3) is 5.22. The van der Waals surface area contributed by atoms with Crippen molar-refractivity contribution in [2.24, 2.45) is 11.7 Å². The molecule has 2 atom stereocenters. The largest absolute Gasteiger partial charge is 0.328 e. The fraction of sp³-hybridized carbons (Fsp3) is 1.00. The highest BCUT2D eigenvalue weighted by Crippen LogP contribution is 2.08. The van der Waals surface area contributed by atoms with E-state index in [1.165, 1.54) is 6.42 Å². The molecule has 11 heavy (non-hydrogen) atoms. The quantitative estimate of drug-likeness (QED) is 0.634. The first-order chi connectivity index (χ1) is 5.07. The highest BCUT2D eigenvalue weighted by Gasteiger charge is 2.10. The number of nitrogens with two attached hydrogens (primary N) is 1. The summed E-state index contributed by atoms with van der Waals surface area (Å²) in [5.41, 5.74) is 5.67. The van der Waals surface area contributed by atoms with Gasteiger partial charge in [-0.2, -0.15) is 0 Å². The van der Waals surface area contributed by atoms with Crippen LogP contribution in [0.25, 0.3) is 0 Å². The Morgan fingerprint density at radius 1 is 1.18 bits per heavy atom.